The molecule has 0 aromatic heterocycles. The van der Waals surface area contributed by atoms with Gasteiger partial charge >= 0.3 is 6.09 Å². The second-order valence-electron chi connectivity index (χ2n) is 7.12. The molecule has 0 radical (unpaired) electrons. The molecule has 2 bridgehead atoms. The normalized spacial score (nSPS) is 24.8. The van der Waals surface area contributed by atoms with Gasteiger partial charge in [-0.15, -0.1) is 0 Å². The minimum absolute atomic E-state index is 0.0214. The molecule has 5 rings (SSSR count). The quantitative estimate of drug-likeness (QED) is 0.908. The average molecular weight is 336 g/mol. The first kappa shape index (κ1) is 16.2. The number of carbonyl (C=O) groups excluding carboxylic acids is 1. The Balaban J connectivity index is 1.50. The monoisotopic (exact) mass is 336 g/mol. The third-order valence-electron chi connectivity index (χ3n) is 5.35. The molecular formula is C21H24N2O2. The SMILES string of the molecule is Cc1ccc(NC(=O)OC2CN3CCC2CC3)c(-c2ccccc2)c1. The van der Waals surface area contributed by atoms with Crippen molar-refractivity contribution in [1.29, 1.82) is 0 Å². The fourth-order valence-electron chi connectivity index (χ4n) is 3.94. The Bertz CT molecular complexity index is 752. The lowest BCUT2D eigenvalue weighted by atomic mass is 9.86. The number of fused-ring (bicyclic) bond motifs is 3. The predicted octanol–water partition coefficient (Wildman–Crippen LogP) is 4.30. The van der Waals surface area contributed by atoms with Crippen molar-refractivity contribution < 1.29 is 9.53 Å². The van der Waals surface area contributed by atoms with Crippen LogP contribution in [-0.4, -0.2) is 36.7 Å². The summed E-state index contributed by atoms with van der Waals surface area (Å²) in [6.45, 7) is 5.21. The van der Waals surface area contributed by atoms with Gasteiger partial charge in [0.1, 0.15) is 6.10 Å². The summed E-state index contributed by atoms with van der Waals surface area (Å²) < 4.78 is 5.76. The molecule has 130 valence electrons. The third-order valence-corrected chi connectivity index (χ3v) is 5.35. The summed E-state index contributed by atoms with van der Waals surface area (Å²) in [5.41, 5.74) is 4.06. The van der Waals surface area contributed by atoms with E-state index in [-0.39, 0.29) is 12.2 Å². The number of aryl methyl sites for hydroxylation is 1. The molecule has 0 aliphatic carbocycles. The van der Waals surface area contributed by atoms with E-state index >= 15 is 0 Å². The zero-order valence-electron chi connectivity index (χ0n) is 14.6. The highest BCUT2D eigenvalue weighted by Crippen LogP contribution is 2.31. The molecule has 3 aliphatic heterocycles. The number of rotatable bonds is 3. The fraction of sp³-hybridized carbons (Fsp3) is 0.381. The minimum Gasteiger partial charge on any atom is -0.444 e. The zero-order valence-corrected chi connectivity index (χ0v) is 14.6. The lowest BCUT2D eigenvalue weighted by Crippen LogP contribution is -2.52. The zero-order chi connectivity index (χ0) is 17.2. The van der Waals surface area contributed by atoms with Crippen LogP contribution in [0, 0.1) is 12.8 Å². The molecule has 1 unspecified atom stereocenters. The molecule has 4 heteroatoms. The maximum atomic E-state index is 12.5. The summed E-state index contributed by atoms with van der Waals surface area (Å²) in [5.74, 6) is 0.516. The Morgan fingerprint density at radius 3 is 2.56 bits per heavy atom. The van der Waals surface area contributed by atoms with E-state index in [4.69, 9.17) is 4.74 Å². The Hall–Kier alpha value is -2.33. The molecule has 3 heterocycles. The van der Waals surface area contributed by atoms with E-state index in [2.05, 4.69) is 35.3 Å². The number of anilines is 1. The van der Waals surface area contributed by atoms with Gasteiger partial charge in [0.2, 0.25) is 0 Å². The minimum atomic E-state index is -0.347. The number of nitrogens with one attached hydrogen (secondary N) is 1. The van der Waals surface area contributed by atoms with Gasteiger partial charge in [0.15, 0.2) is 0 Å². The second kappa shape index (κ2) is 6.89. The molecule has 2 aromatic rings. The van der Waals surface area contributed by atoms with Gasteiger partial charge < -0.3 is 4.74 Å². The number of piperidine rings is 3. The first-order valence-electron chi connectivity index (χ1n) is 9.05. The average Bonchev–Trinajstić information content (AvgIpc) is 2.65. The van der Waals surface area contributed by atoms with Crippen molar-refractivity contribution in [2.24, 2.45) is 5.92 Å². The van der Waals surface area contributed by atoms with Crippen LogP contribution >= 0.6 is 0 Å². The molecule has 0 saturated carbocycles. The van der Waals surface area contributed by atoms with E-state index in [1.807, 2.05) is 30.3 Å². The van der Waals surface area contributed by atoms with Crippen LogP contribution in [0.1, 0.15) is 18.4 Å². The van der Waals surface area contributed by atoms with Crippen LogP contribution in [0.2, 0.25) is 0 Å². The first-order valence-corrected chi connectivity index (χ1v) is 9.05. The maximum absolute atomic E-state index is 12.5. The fourth-order valence-corrected chi connectivity index (χ4v) is 3.94. The Kier molecular flexibility index (Phi) is 4.45. The van der Waals surface area contributed by atoms with E-state index in [0.29, 0.717) is 5.92 Å². The first-order chi connectivity index (χ1) is 12.2. The highest BCUT2D eigenvalue weighted by molar-refractivity contribution is 5.91. The van der Waals surface area contributed by atoms with Crippen molar-refractivity contribution in [2.45, 2.75) is 25.9 Å². The number of benzene rings is 2. The lowest BCUT2D eigenvalue weighted by molar-refractivity contribution is -0.0289. The van der Waals surface area contributed by atoms with Crippen molar-refractivity contribution in [1.82, 2.24) is 4.90 Å². The van der Waals surface area contributed by atoms with Crippen LogP contribution in [0.4, 0.5) is 10.5 Å². The van der Waals surface area contributed by atoms with Crippen LogP contribution < -0.4 is 5.32 Å². The number of amides is 1. The van der Waals surface area contributed by atoms with E-state index in [9.17, 15) is 4.79 Å². The van der Waals surface area contributed by atoms with Gasteiger partial charge in [-0.05, 0) is 56.5 Å². The van der Waals surface area contributed by atoms with Crippen molar-refractivity contribution in [2.75, 3.05) is 25.0 Å². The number of hydrogen-bond acceptors (Lipinski definition) is 3. The Morgan fingerprint density at radius 2 is 1.88 bits per heavy atom. The van der Waals surface area contributed by atoms with Crippen LogP contribution in [0.25, 0.3) is 11.1 Å². The van der Waals surface area contributed by atoms with E-state index < -0.39 is 0 Å². The van der Waals surface area contributed by atoms with E-state index in [0.717, 1.165) is 54.9 Å². The van der Waals surface area contributed by atoms with Gasteiger partial charge in [-0.1, -0.05) is 42.0 Å². The smallest absolute Gasteiger partial charge is 0.411 e. The molecule has 1 N–H and O–H groups in total. The summed E-state index contributed by atoms with van der Waals surface area (Å²) in [6, 6.07) is 16.2. The second-order valence-corrected chi connectivity index (χ2v) is 7.12. The van der Waals surface area contributed by atoms with E-state index in [1.54, 1.807) is 0 Å². The third kappa shape index (κ3) is 3.54. The van der Waals surface area contributed by atoms with Crippen molar-refractivity contribution in [3.63, 3.8) is 0 Å². The largest absolute Gasteiger partial charge is 0.444 e. The summed E-state index contributed by atoms with van der Waals surface area (Å²) >= 11 is 0. The molecule has 3 saturated heterocycles. The lowest BCUT2D eigenvalue weighted by Gasteiger charge is -2.43. The number of ether oxygens (including phenoxy) is 1. The van der Waals surface area contributed by atoms with Crippen LogP contribution in [0.5, 0.6) is 0 Å². The molecule has 0 spiro atoms. The Morgan fingerprint density at radius 1 is 1.12 bits per heavy atom. The highest BCUT2D eigenvalue weighted by atomic mass is 16.6. The van der Waals surface area contributed by atoms with Gasteiger partial charge in [-0.2, -0.15) is 0 Å². The molecule has 25 heavy (non-hydrogen) atoms. The summed E-state index contributed by atoms with van der Waals surface area (Å²) in [4.78, 5) is 14.9. The van der Waals surface area contributed by atoms with Crippen molar-refractivity contribution in [3.05, 3.63) is 54.1 Å². The van der Waals surface area contributed by atoms with Crippen LogP contribution in [0.15, 0.2) is 48.5 Å². The number of carbonyl (C=O) groups is 1. The summed E-state index contributed by atoms with van der Waals surface area (Å²) in [6.07, 6.45) is 1.95. The highest BCUT2D eigenvalue weighted by Gasteiger charge is 2.36. The molecule has 1 amide bonds. The molecule has 3 fully saturated rings. The predicted molar refractivity (Wildman–Crippen MR) is 99.7 cm³/mol. The van der Waals surface area contributed by atoms with Crippen LogP contribution in [-0.2, 0) is 4.74 Å². The van der Waals surface area contributed by atoms with Gasteiger partial charge in [0.05, 0.1) is 5.69 Å². The van der Waals surface area contributed by atoms with Gasteiger partial charge in [0, 0.05) is 12.1 Å². The van der Waals surface area contributed by atoms with Crippen LogP contribution in [0.3, 0.4) is 0 Å². The molecule has 2 aromatic carbocycles. The molecule has 1 atom stereocenters. The van der Waals surface area contributed by atoms with Crippen molar-refractivity contribution in [3.8, 4) is 11.1 Å². The molecule has 4 nitrogen and oxygen atoms in total. The molecule has 3 aliphatic rings. The topological polar surface area (TPSA) is 41.6 Å². The standard InChI is InChI=1S/C21H24N2O2/c1-15-7-8-19(18(13-15)16-5-3-2-4-6-16)22-21(24)25-20-14-23-11-9-17(20)10-12-23/h2-8,13,17,20H,9-12,14H2,1H3,(H,22,24). The number of hydrogen-bond donors (Lipinski definition) is 1. The van der Waals surface area contributed by atoms with Gasteiger partial charge in [-0.3, -0.25) is 10.2 Å². The molecular weight excluding hydrogens is 312 g/mol. The number of nitrogens with zero attached hydrogens (tertiary/aromatic N) is 1. The summed E-state index contributed by atoms with van der Waals surface area (Å²) in [7, 11) is 0. The maximum Gasteiger partial charge on any atom is 0.411 e. The van der Waals surface area contributed by atoms with Gasteiger partial charge in [-0.25, -0.2) is 4.79 Å². The van der Waals surface area contributed by atoms with E-state index in [1.165, 1.54) is 0 Å². The Labute approximate surface area is 148 Å². The van der Waals surface area contributed by atoms with Crippen molar-refractivity contribution >= 4 is 11.8 Å². The summed E-state index contributed by atoms with van der Waals surface area (Å²) in [5, 5.41) is 2.96. The van der Waals surface area contributed by atoms with Gasteiger partial charge in [0.25, 0.3) is 0 Å².